The Morgan fingerprint density at radius 3 is 2.74 bits per heavy atom. The standard InChI is InChI=1S/C24H18FNS/c25-16-8-5-7-15(12-16)21-19-13-14-6-1-2-9-17(14)23(19)26-24-22(21)18-10-3-4-11-20(18)27-24/h1-2,5-9,12H,3-4,10-11,13H2. The average Bonchev–Trinajstić information content (AvgIpc) is 3.24. The van der Waals surface area contributed by atoms with Crippen LogP contribution in [0.2, 0.25) is 0 Å². The molecule has 0 amide bonds. The van der Waals surface area contributed by atoms with Crippen molar-refractivity contribution in [2.75, 3.05) is 0 Å². The van der Waals surface area contributed by atoms with E-state index in [2.05, 4.69) is 24.3 Å². The summed E-state index contributed by atoms with van der Waals surface area (Å²) in [6.45, 7) is 0. The van der Waals surface area contributed by atoms with Crippen LogP contribution in [0.15, 0.2) is 48.5 Å². The van der Waals surface area contributed by atoms with E-state index in [1.54, 1.807) is 6.07 Å². The van der Waals surface area contributed by atoms with Crippen LogP contribution >= 0.6 is 11.3 Å². The molecular formula is C24H18FNS. The minimum atomic E-state index is -0.175. The highest BCUT2D eigenvalue weighted by atomic mass is 32.1. The maximum Gasteiger partial charge on any atom is 0.125 e. The topological polar surface area (TPSA) is 12.9 Å². The molecule has 2 aromatic heterocycles. The second kappa shape index (κ2) is 5.74. The molecular weight excluding hydrogens is 353 g/mol. The average molecular weight is 371 g/mol. The molecule has 0 bridgehead atoms. The molecule has 0 N–H and O–H groups in total. The molecule has 0 saturated carbocycles. The van der Waals surface area contributed by atoms with Crippen LogP contribution in [0.3, 0.4) is 0 Å². The number of aromatic nitrogens is 1. The monoisotopic (exact) mass is 371 g/mol. The fourth-order valence-electron chi connectivity index (χ4n) is 4.78. The van der Waals surface area contributed by atoms with Crippen molar-refractivity contribution in [3.8, 4) is 22.4 Å². The molecule has 132 valence electrons. The van der Waals surface area contributed by atoms with E-state index < -0.39 is 0 Å². The highest BCUT2D eigenvalue weighted by Crippen LogP contribution is 2.48. The number of benzene rings is 2. The molecule has 0 atom stereocenters. The molecule has 4 aromatic rings. The number of aryl methyl sites for hydroxylation is 2. The van der Waals surface area contributed by atoms with Gasteiger partial charge in [0.1, 0.15) is 10.6 Å². The number of halogens is 1. The van der Waals surface area contributed by atoms with Gasteiger partial charge < -0.3 is 0 Å². The highest BCUT2D eigenvalue weighted by molar-refractivity contribution is 7.19. The first kappa shape index (κ1) is 15.5. The number of pyridine rings is 1. The first-order valence-corrected chi connectivity index (χ1v) is 10.4. The first-order valence-electron chi connectivity index (χ1n) is 9.61. The Labute approximate surface area is 161 Å². The van der Waals surface area contributed by atoms with Crippen molar-refractivity contribution in [3.63, 3.8) is 0 Å². The number of nitrogens with zero attached hydrogens (tertiary/aromatic N) is 1. The minimum Gasteiger partial charge on any atom is -0.237 e. The first-order chi connectivity index (χ1) is 13.3. The fourth-order valence-corrected chi connectivity index (χ4v) is 6.05. The fraction of sp³-hybridized carbons (Fsp3) is 0.208. The number of rotatable bonds is 1. The van der Waals surface area contributed by atoms with E-state index in [1.165, 1.54) is 57.0 Å². The molecule has 0 aliphatic heterocycles. The molecule has 0 saturated heterocycles. The Kier molecular flexibility index (Phi) is 3.30. The van der Waals surface area contributed by atoms with E-state index >= 15 is 0 Å². The lowest BCUT2D eigenvalue weighted by Gasteiger charge is -2.15. The highest BCUT2D eigenvalue weighted by Gasteiger charge is 2.29. The van der Waals surface area contributed by atoms with Gasteiger partial charge in [0.15, 0.2) is 0 Å². The van der Waals surface area contributed by atoms with E-state index in [1.807, 2.05) is 23.5 Å². The van der Waals surface area contributed by atoms with Crippen LogP contribution in [0.1, 0.15) is 34.4 Å². The lowest BCUT2D eigenvalue weighted by molar-refractivity contribution is 0.628. The van der Waals surface area contributed by atoms with Gasteiger partial charge in [-0.1, -0.05) is 36.4 Å². The smallest absolute Gasteiger partial charge is 0.125 e. The second-order valence-electron chi connectivity index (χ2n) is 7.55. The normalized spacial score (nSPS) is 14.9. The van der Waals surface area contributed by atoms with Crippen molar-refractivity contribution < 1.29 is 4.39 Å². The third-order valence-electron chi connectivity index (χ3n) is 5.96. The van der Waals surface area contributed by atoms with Gasteiger partial charge in [-0.3, -0.25) is 0 Å². The van der Waals surface area contributed by atoms with Crippen molar-refractivity contribution in [3.05, 3.63) is 75.9 Å². The molecule has 2 aliphatic rings. The molecule has 27 heavy (non-hydrogen) atoms. The van der Waals surface area contributed by atoms with Crippen molar-refractivity contribution in [2.45, 2.75) is 32.1 Å². The van der Waals surface area contributed by atoms with Crippen LogP contribution in [0, 0.1) is 5.82 Å². The summed E-state index contributed by atoms with van der Waals surface area (Å²) in [6.07, 6.45) is 5.65. The summed E-state index contributed by atoms with van der Waals surface area (Å²) in [5, 5.41) is 1.28. The van der Waals surface area contributed by atoms with Crippen molar-refractivity contribution in [2.24, 2.45) is 0 Å². The van der Waals surface area contributed by atoms with Gasteiger partial charge in [0.05, 0.1) is 5.69 Å². The lowest BCUT2D eigenvalue weighted by atomic mass is 9.89. The van der Waals surface area contributed by atoms with Gasteiger partial charge >= 0.3 is 0 Å². The number of thiophene rings is 1. The Balaban J connectivity index is 1.75. The van der Waals surface area contributed by atoms with E-state index in [0.29, 0.717) is 0 Å². The molecule has 1 nitrogen and oxygen atoms in total. The summed E-state index contributed by atoms with van der Waals surface area (Å²) >= 11 is 1.85. The molecule has 0 radical (unpaired) electrons. The van der Waals surface area contributed by atoms with Crippen LogP contribution in [-0.2, 0) is 19.3 Å². The van der Waals surface area contributed by atoms with Crippen LogP contribution in [0.25, 0.3) is 32.6 Å². The van der Waals surface area contributed by atoms with Gasteiger partial charge in [-0.2, -0.15) is 0 Å². The minimum absolute atomic E-state index is 0.175. The third-order valence-corrected chi connectivity index (χ3v) is 7.14. The van der Waals surface area contributed by atoms with Crippen LogP contribution < -0.4 is 0 Å². The Bertz CT molecular complexity index is 1220. The zero-order valence-corrected chi connectivity index (χ0v) is 15.7. The molecule has 3 heteroatoms. The summed E-state index contributed by atoms with van der Waals surface area (Å²) in [4.78, 5) is 7.74. The summed E-state index contributed by atoms with van der Waals surface area (Å²) in [5.74, 6) is -0.175. The van der Waals surface area contributed by atoms with Gasteiger partial charge in [-0.05, 0) is 65.6 Å². The molecule has 0 unspecified atom stereocenters. The summed E-state index contributed by atoms with van der Waals surface area (Å²) in [7, 11) is 0. The van der Waals surface area contributed by atoms with Crippen molar-refractivity contribution in [1.29, 1.82) is 0 Å². The largest absolute Gasteiger partial charge is 0.237 e. The molecule has 0 fully saturated rings. The Morgan fingerprint density at radius 1 is 0.926 bits per heavy atom. The predicted octanol–water partition coefficient (Wildman–Crippen LogP) is 6.55. The molecule has 2 aliphatic carbocycles. The van der Waals surface area contributed by atoms with Gasteiger partial charge in [-0.25, -0.2) is 9.37 Å². The number of fused-ring (bicyclic) bond motifs is 6. The van der Waals surface area contributed by atoms with Crippen LogP contribution in [-0.4, -0.2) is 4.98 Å². The van der Waals surface area contributed by atoms with Crippen LogP contribution in [0.5, 0.6) is 0 Å². The second-order valence-corrected chi connectivity index (χ2v) is 8.63. The molecule has 2 heterocycles. The third kappa shape index (κ3) is 2.24. The van der Waals surface area contributed by atoms with Gasteiger partial charge in [0.2, 0.25) is 0 Å². The molecule has 2 aromatic carbocycles. The van der Waals surface area contributed by atoms with Crippen LogP contribution in [0.4, 0.5) is 4.39 Å². The summed E-state index contributed by atoms with van der Waals surface area (Å²) < 4.78 is 14.1. The van der Waals surface area contributed by atoms with Gasteiger partial charge in [-0.15, -0.1) is 11.3 Å². The zero-order valence-electron chi connectivity index (χ0n) is 14.9. The quantitative estimate of drug-likeness (QED) is 0.325. The molecule has 6 rings (SSSR count). The zero-order chi connectivity index (χ0) is 18.0. The lowest BCUT2D eigenvalue weighted by Crippen LogP contribution is -2.00. The maximum absolute atomic E-state index is 14.1. The molecule has 0 spiro atoms. The Morgan fingerprint density at radius 2 is 1.81 bits per heavy atom. The Hall–Kier alpha value is -2.52. The van der Waals surface area contributed by atoms with Crippen molar-refractivity contribution in [1.82, 2.24) is 4.98 Å². The maximum atomic E-state index is 14.1. The van der Waals surface area contributed by atoms with Gasteiger partial charge in [0, 0.05) is 22.2 Å². The number of hydrogen-bond donors (Lipinski definition) is 0. The van der Waals surface area contributed by atoms with E-state index in [9.17, 15) is 4.39 Å². The summed E-state index contributed by atoms with van der Waals surface area (Å²) in [6, 6.07) is 15.6. The SMILES string of the molecule is Fc1cccc(-c2c3c(nc4sc5c(c24)CCCC5)-c2ccccc2C3)c1. The number of hydrogen-bond acceptors (Lipinski definition) is 2. The van der Waals surface area contributed by atoms with Crippen molar-refractivity contribution >= 4 is 21.6 Å². The summed E-state index contributed by atoms with van der Waals surface area (Å²) in [5.41, 5.74) is 8.58. The van der Waals surface area contributed by atoms with Gasteiger partial charge in [0.25, 0.3) is 0 Å². The van der Waals surface area contributed by atoms with E-state index in [-0.39, 0.29) is 5.82 Å². The van der Waals surface area contributed by atoms with E-state index in [0.717, 1.165) is 35.4 Å². The van der Waals surface area contributed by atoms with E-state index in [4.69, 9.17) is 4.98 Å². The predicted molar refractivity (Wildman–Crippen MR) is 110 cm³/mol.